The van der Waals surface area contributed by atoms with Crippen LogP contribution < -0.4 is 5.32 Å². The number of sulfonamides is 1. The zero-order valence-electron chi connectivity index (χ0n) is 10.9. The Bertz CT molecular complexity index is 598. The van der Waals surface area contributed by atoms with Gasteiger partial charge < -0.3 is 5.32 Å². The Balaban J connectivity index is 2.97. The van der Waals surface area contributed by atoms with Gasteiger partial charge in [-0.25, -0.2) is 18.4 Å². The smallest absolute Gasteiger partial charge is 0.248 e. The van der Waals surface area contributed by atoms with Crippen molar-refractivity contribution >= 4 is 16.0 Å². The lowest BCUT2D eigenvalue weighted by Crippen LogP contribution is -2.32. The maximum atomic E-state index is 12.2. The second kappa shape index (κ2) is 7.38. The summed E-state index contributed by atoms with van der Waals surface area (Å²) < 4.78 is 25.1. The van der Waals surface area contributed by atoms with Crippen LogP contribution in [0.4, 0.5) is 5.95 Å². The fourth-order valence-corrected chi connectivity index (χ4v) is 2.44. The van der Waals surface area contributed by atoms with Crippen LogP contribution in [0.5, 0.6) is 0 Å². The van der Waals surface area contributed by atoms with E-state index in [0.717, 1.165) is 23.1 Å². The monoisotopic (exact) mass is 294 g/mol. The van der Waals surface area contributed by atoms with Crippen LogP contribution in [0.3, 0.4) is 0 Å². The van der Waals surface area contributed by atoms with E-state index in [0.29, 0.717) is 12.5 Å². The van der Waals surface area contributed by atoms with E-state index >= 15 is 0 Å². The van der Waals surface area contributed by atoms with Crippen LogP contribution in [-0.2, 0) is 10.0 Å². The second-order valence-electron chi connectivity index (χ2n) is 3.76. The summed E-state index contributed by atoms with van der Waals surface area (Å²) >= 11 is 0. The van der Waals surface area contributed by atoms with Crippen molar-refractivity contribution in [2.45, 2.75) is 18.2 Å². The fraction of sp³-hybridized carbons (Fsp3) is 0.455. The molecule has 20 heavy (non-hydrogen) atoms. The lowest BCUT2D eigenvalue weighted by Gasteiger charge is -2.15. The molecule has 1 aromatic heterocycles. The third kappa shape index (κ3) is 3.88. The maximum Gasteiger partial charge on any atom is 0.248 e. The zero-order chi connectivity index (χ0) is 15.0. The largest absolute Gasteiger partial charge is 0.354 e. The van der Waals surface area contributed by atoms with Gasteiger partial charge in [0.2, 0.25) is 16.0 Å². The molecular formula is C11H14N6O2S. The summed E-state index contributed by atoms with van der Waals surface area (Å²) in [6.07, 6.45) is 3.20. The fourth-order valence-electron chi connectivity index (χ4n) is 1.31. The van der Waals surface area contributed by atoms with Crippen molar-refractivity contribution in [2.75, 3.05) is 25.0 Å². The topological polar surface area (TPSA) is 123 Å². The molecule has 0 aromatic carbocycles. The van der Waals surface area contributed by atoms with Crippen LogP contribution in [0.1, 0.15) is 13.3 Å². The molecule has 0 aliphatic rings. The standard InChI is InChI=1S/C11H14N6O2S/c1-2-5-14-11-15-8-10(9-16-11)20(18,19)17(6-3-12)7-4-13/h8-9H,2,5-7H2,1H3,(H,14,15,16). The van der Waals surface area contributed by atoms with Gasteiger partial charge in [0.05, 0.1) is 24.5 Å². The highest BCUT2D eigenvalue weighted by molar-refractivity contribution is 7.89. The Morgan fingerprint density at radius 3 is 2.25 bits per heavy atom. The molecule has 1 aromatic rings. The molecule has 8 nitrogen and oxygen atoms in total. The predicted octanol–water partition coefficient (Wildman–Crippen LogP) is 0.336. The van der Waals surface area contributed by atoms with Gasteiger partial charge in [0.25, 0.3) is 0 Å². The molecule has 1 N–H and O–H groups in total. The van der Waals surface area contributed by atoms with E-state index in [-0.39, 0.29) is 4.90 Å². The van der Waals surface area contributed by atoms with Crippen molar-refractivity contribution < 1.29 is 8.42 Å². The number of aromatic nitrogens is 2. The summed E-state index contributed by atoms with van der Waals surface area (Å²) in [6.45, 7) is 1.87. The molecule has 0 atom stereocenters. The van der Waals surface area contributed by atoms with Gasteiger partial charge in [-0.05, 0) is 6.42 Å². The number of hydrogen-bond acceptors (Lipinski definition) is 7. The molecule has 0 fully saturated rings. The van der Waals surface area contributed by atoms with Gasteiger partial charge in [-0.1, -0.05) is 6.92 Å². The lowest BCUT2D eigenvalue weighted by molar-refractivity contribution is 0.479. The number of nitriles is 2. The summed E-state index contributed by atoms with van der Waals surface area (Å²) in [5, 5.41) is 20.1. The number of hydrogen-bond donors (Lipinski definition) is 1. The van der Waals surface area contributed by atoms with Crippen LogP contribution in [-0.4, -0.2) is 42.3 Å². The van der Waals surface area contributed by atoms with Crippen molar-refractivity contribution in [2.24, 2.45) is 0 Å². The highest BCUT2D eigenvalue weighted by Crippen LogP contribution is 2.14. The quantitative estimate of drug-likeness (QED) is 0.719. The van der Waals surface area contributed by atoms with Crippen molar-refractivity contribution in [1.29, 1.82) is 10.5 Å². The van der Waals surface area contributed by atoms with Gasteiger partial charge in [0.1, 0.15) is 18.0 Å². The highest BCUT2D eigenvalue weighted by atomic mass is 32.2. The molecule has 1 rings (SSSR count). The molecule has 0 saturated heterocycles. The van der Waals surface area contributed by atoms with E-state index in [9.17, 15) is 8.42 Å². The van der Waals surface area contributed by atoms with Gasteiger partial charge in [0.15, 0.2) is 0 Å². The summed E-state index contributed by atoms with van der Waals surface area (Å²) in [5.74, 6) is 0.331. The number of nitrogens with zero attached hydrogens (tertiary/aromatic N) is 5. The molecule has 1 heterocycles. The molecule has 0 radical (unpaired) electrons. The third-order valence-electron chi connectivity index (χ3n) is 2.29. The molecule has 0 amide bonds. The minimum Gasteiger partial charge on any atom is -0.354 e. The van der Waals surface area contributed by atoms with Crippen LogP contribution in [0.25, 0.3) is 0 Å². The molecule has 0 unspecified atom stereocenters. The minimum absolute atomic E-state index is 0.148. The van der Waals surface area contributed by atoms with E-state index < -0.39 is 23.1 Å². The van der Waals surface area contributed by atoms with Crippen molar-refractivity contribution in [3.05, 3.63) is 12.4 Å². The lowest BCUT2D eigenvalue weighted by atomic mass is 10.5. The van der Waals surface area contributed by atoms with Gasteiger partial charge in [0, 0.05) is 6.54 Å². The molecule has 0 aliphatic carbocycles. The third-order valence-corrected chi connectivity index (χ3v) is 4.04. The summed E-state index contributed by atoms with van der Waals surface area (Å²) in [4.78, 5) is 7.63. The maximum absolute atomic E-state index is 12.2. The van der Waals surface area contributed by atoms with Crippen LogP contribution in [0, 0.1) is 22.7 Å². The van der Waals surface area contributed by atoms with Gasteiger partial charge >= 0.3 is 0 Å². The van der Waals surface area contributed by atoms with Gasteiger partial charge in [-0.2, -0.15) is 14.8 Å². The predicted molar refractivity (Wildman–Crippen MR) is 70.8 cm³/mol. The highest BCUT2D eigenvalue weighted by Gasteiger charge is 2.24. The van der Waals surface area contributed by atoms with Gasteiger partial charge in [-0.15, -0.1) is 0 Å². The summed E-state index contributed by atoms with van der Waals surface area (Å²) in [6, 6.07) is 3.42. The molecule has 106 valence electrons. The molecule has 0 bridgehead atoms. The first kappa shape index (κ1) is 15.8. The van der Waals surface area contributed by atoms with E-state index in [1.165, 1.54) is 0 Å². The average Bonchev–Trinajstić information content (AvgIpc) is 2.45. The Morgan fingerprint density at radius 2 is 1.80 bits per heavy atom. The first-order valence-electron chi connectivity index (χ1n) is 5.86. The van der Waals surface area contributed by atoms with E-state index in [1.807, 2.05) is 6.92 Å². The summed E-state index contributed by atoms with van der Waals surface area (Å²) in [7, 11) is -3.93. The number of nitrogens with one attached hydrogen (secondary N) is 1. The van der Waals surface area contributed by atoms with Crippen LogP contribution in [0.2, 0.25) is 0 Å². The van der Waals surface area contributed by atoms with Crippen LogP contribution in [0.15, 0.2) is 17.3 Å². The average molecular weight is 294 g/mol. The molecule has 9 heteroatoms. The first-order chi connectivity index (χ1) is 9.56. The Kier molecular flexibility index (Phi) is 5.84. The SMILES string of the molecule is CCCNc1ncc(S(=O)(=O)N(CC#N)CC#N)cn1. The first-order valence-corrected chi connectivity index (χ1v) is 7.30. The minimum atomic E-state index is -3.93. The van der Waals surface area contributed by atoms with Crippen molar-refractivity contribution in [3.63, 3.8) is 0 Å². The van der Waals surface area contributed by atoms with E-state index in [1.54, 1.807) is 12.1 Å². The zero-order valence-corrected chi connectivity index (χ0v) is 11.8. The number of anilines is 1. The normalized spacial score (nSPS) is 10.8. The Hall–Kier alpha value is -2.23. The summed E-state index contributed by atoms with van der Waals surface area (Å²) in [5.41, 5.74) is 0. The van der Waals surface area contributed by atoms with Crippen LogP contribution >= 0.6 is 0 Å². The van der Waals surface area contributed by atoms with Gasteiger partial charge in [-0.3, -0.25) is 0 Å². The van der Waals surface area contributed by atoms with E-state index in [2.05, 4.69) is 15.3 Å². The number of rotatable bonds is 7. The Labute approximate surface area is 117 Å². The second-order valence-corrected chi connectivity index (χ2v) is 5.70. The van der Waals surface area contributed by atoms with Crippen molar-refractivity contribution in [3.8, 4) is 12.1 Å². The molecule has 0 aliphatic heterocycles. The van der Waals surface area contributed by atoms with Crippen molar-refractivity contribution in [1.82, 2.24) is 14.3 Å². The Morgan fingerprint density at radius 1 is 1.25 bits per heavy atom. The molecular weight excluding hydrogens is 280 g/mol. The molecule has 0 spiro atoms. The molecule has 0 saturated carbocycles. The van der Waals surface area contributed by atoms with E-state index in [4.69, 9.17) is 10.5 Å².